The average Bonchev–Trinajstić information content (AvgIpc) is 3.36. The molecule has 3 aromatic rings. The quantitative estimate of drug-likeness (QED) is 0.342. The molecule has 45 heavy (non-hydrogen) atoms. The number of alkyl halides is 1. The Hall–Kier alpha value is -4.10. The van der Waals surface area contributed by atoms with Crippen molar-refractivity contribution in [1.29, 1.82) is 5.26 Å². The number of ether oxygens (including phenoxy) is 1. The van der Waals surface area contributed by atoms with E-state index in [4.69, 9.17) is 14.7 Å². The molecule has 0 N–H and O–H groups in total. The average molecular weight is 611 g/mol. The highest BCUT2D eigenvalue weighted by atomic mass is 19.1. The van der Waals surface area contributed by atoms with E-state index in [9.17, 15) is 14.4 Å². The summed E-state index contributed by atoms with van der Waals surface area (Å²) in [6, 6.07) is 11.5. The number of piperazine rings is 1. The van der Waals surface area contributed by atoms with Gasteiger partial charge in [-0.25, -0.2) is 8.78 Å². The highest BCUT2D eigenvalue weighted by Crippen LogP contribution is 2.58. The van der Waals surface area contributed by atoms with E-state index in [1.165, 1.54) is 23.3 Å². The Balaban J connectivity index is 1.20. The van der Waals surface area contributed by atoms with Gasteiger partial charge in [-0.15, -0.1) is 0 Å². The highest BCUT2D eigenvalue weighted by Gasteiger charge is 2.49. The van der Waals surface area contributed by atoms with Crippen molar-refractivity contribution in [2.75, 3.05) is 44.2 Å². The van der Waals surface area contributed by atoms with Crippen LogP contribution >= 0.6 is 0 Å². The number of aromatic nitrogens is 2. The van der Waals surface area contributed by atoms with Crippen LogP contribution in [-0.4, -0.2) is 82.8 Å². The minimum atomic E-state index is -0.877. The number of fused-ring (bicyclic) bond motifs is 5. The van der Waals surface area contributed by atoms with Gasteiger partial charge in [-0.3, -0.25) is 9.69 Å². The third-order valence-corrected chi connectivity index (χ3v) is 10.8. The van der Waals surface area contributed by atoms with Gasteiger partial charge >= 0.3 is 6.01 Å². The number of carbonyl (C=O) groups is 1. The Bertz CT molecular complexity index is 1760. The monoisotopic (exact) mass is 610 g/mol. The first kappa shape index (κ1) is 28.4. The Labute approximate surface area is 261 Å². The molecule has 232 valence electrons. The number of benzene rings is 2. The van der Waals surface area contributed by atoms with Gasteiger partial charge in [-0.05, 0) is 79.0 Å². The van der Waals surface area contributed by atoms with Crippen molar-refractivity contribution in [1.82, 2.24) is 19.8 Å². The molecular formula is C35H36F2N6O2. The molecule has 5 atom stereocenters. The summed E-state index contributed by atoms with van der Waals surface area (Å²) < 4.78 is 37.0. The SMILES string of the molecule is C=CC(=O)N1CCN(c2nc(OC[C@@]34CCCN3C[C@H](F)C4)nc3cc(-c4cccc5c4[C@H]4C[C@H]4C5)c(F)cc23)C[C@@H]1CC#N. The number of amides is 1. The first-order chi connectivity index (χ1) is 21.9. The third-order valence-electron chi connectivity index (χ3n) is 10.8. The fourth-order valence-electron chi connectivity index (χ4n) is 8.58. The van der Waals surface area contributed by atoms with Crippen LogP contribution in [0.1, 0.15) is 49.1 Å². The van der Waals surface area contributed by atoms with Crippen molar-refractivity contribution < 1.29 is 18.3 Å². The van der Waals surface area contributed by atoms with Crippen molar-refractivity contribution in [2.45, 2.75) is 62.2 Å². The molecule has 4 heterocycles. The summed E-state index contributed by atoms with van der Waals surface area (Å²) >= 11 is 0. The lowest BCUT2D eigenvalue weighted by molar-refractivity contribution is -0.128. The first-order valence-corrected chi connectivity index (χ1v) is 16.1. The molecule has 3 saturated heterocycles. The van der Waals surface area contributed by atoms with Gasteiger partial charge < -0.3 is 14.5 Å². The molecule has 1 saturated carbocycles. The van der Waals surface area contributed by atoms with Crippen molar-refractivity contribution in [3.8, 4) is 23.2 Å². The molecule has 0 spiro atoms. The smallest absolute Gasteiger partial charge is 0.319 e. The molecule has 2 aromatic carbocycles. The van der Waals surface area contributed by atoms with Gasteiger partial charge in [0.2, 0.25) is 5.91 Å². The van der Waals surface area contributed by atoms with Gasteiger partial charge in [-0.2, -0.15) is 15.2 Å². The van der Waals surface area contributed by atoms with E-state index in [-0.39, 0.29) is 42.3 Å². The van der Waals surface area contributed by atoms with E-state index in [0.29, 0.717) is 66.7 Å². The predicted molar refractivity (Wildman–Crippen MR) is 166 cm³/mol. The lowest BCUT2D eigenvalue weighted by atomic mass is 9.93. The zero-order chi connectivity index (χ0) is 30.9. The van der Waals surface area contributed by atoms with Crippen LogP contribution in [0.25, 0.3) is 22.0 Å². The summed E-state index contributed by atoms with van der Waals surface area (Å²) in [4.78, 5) is 28.1. The van der Waals surface area contributed by atoms with Crippen molar-refractivity contribution in [2.24, 2.45) is 5.92 Å². The van der Waals surface area contributed by atoms with Crippen LogP contribution in [0.4, 0.5) is 14.6 Å². The summed E-state index contributed by atoms with van der Waals surface area (Å²) in [5.41, 5.74) is 4.20. The van der Waals surface area contributed by atoms with Gasteiger partial charge in [0.1, 0.15) is 24.4 Å². The number of rotatable bonds is 7. The second-order valence-corrected chi connectivity index (χ2v) is 13.4. The lowest BCUT2D eigenvalue weighted by Gasteiger charge is -2.41. The second-order valence-electron chi connectivity index (χ2n) is 13.4. The third kappa shape index (κ3) is 4.75. The van der Waals surface area contributed by atoms with Crippen LogP contribution in [0.15, 0.2) is 43.0 Å². The minimum Gasteiger partial charge on any atom is -0.461 e. The zero-order valence-corrected chi connectivity index (χ0v) is 25.2. The van der Waals surface area contributed by atoms with E-state index < -0.39 is 6.17 Å². The number of anilines is 1. The van der Waals surface area contributed by atoms with E-state index in [0.717, 1.165) is 37.8 Å². The number of nitriles is 1. The van der Waals surface area contributed by atoms with Crippen molar-refractivity contribution >= 4 is 22.6 Å². The van der Waals surface area contributed by atoms with Crippen molar-refractivity contribution in [3.63, 3.8) is 0 Å². The van der Waals surface area contributed by atoms with E-state index >= 15 is 4.39 Å². The van der Waals surface area contributed by atoms with Gasteiger partial charge in [-0.1, -0.05) is 24.8 Å². The van der Waals surface area contributed by atoms with Gasteiger partial charge in [0.25, 0.3) is 0 Å². The molecule has 0 unspecified atom stereocenters. The Morgan fingerprint density at radius 2 is 2.09 bits per heavy atom. The number of carbonyl (C=O) groups excluding carboxylic acids is 1. The fourth-order valence-corrected chi connectivity index (χ4v) is 8.58. The first-order valence-electron chi connectivity index (χ1n) is 16.1. The van der Waals surface area contributed by atoms with E-state index in [2.05, 4.69) is 23.6 Å². The second kappa shape index (κ2) is 10.8. The van der Waals surface area contributed by atoms with Gasteiger partial charge in [0.15, 0.2) is 0 Å². The molecule has 2 aliphatic carbocycles. The number of hydrogen-bond acceptors (Lipinski definition) is 7. The van der Waals surface area contributed by atoms with Crippen LogP contribution < -0.4 is 9.64 Å². The van der Waals surface area contributed by atoms with Crippen LogP contribution in [0.5, 0.6) is 6.01 Å². The fraction of sp³-hybridized carbons (Fsp3) is 0.486. The Kier molecular flexibility index (Phi) is 6.79. The van der Waals surface area contributed by atoms with Crippen LogP contribution in [0.2, 0.25) is 0 Å². The standard InChI is InChI=1S/C35H36F2N6O2/c1-2-31(44)43-12-11-41(19-24(43)7-9-38)33-28-15-29(37)27(25-6-3-5-21-13-22-14-26(22)32(21)25)16-30(28)39-34(40-33)45-20-35-8-4-10-42(35)18-23(36)17-35/h2-3,5-6,15-16,22-24,26H,1,4,7-8,10-14,17-20H2/t22-,23-,24+,26+,35+/m1/s1. The Morgan fingerprint density at radius 1 is 1.20 bits per heavy atom. The topological polar surface area (TPSA) is 85.6 Å². The van der Waals surface area contributed by atoms with E-state index in [1.54, 1.807) is 4.90 Å². The summed E-state index contributed by atoms with van der Waals surface area (Å²) in [5.74, 6) is 1.11. The van der Waals surface area contributed by atoms with Crippen molar-refractivity contribution in [3.05, 3.63) is 59.9 Å². The zero-order valence-electron chi connectivity index (χ0n) is 25.2. The number of halogens is 2. The molecule has 0 bridgehead atoms. The van der Waals surface area contributed by atoms with Crippen LogP contribution in [0.3, 0.4) is 0 Å². The van der Waals surface area contributed by atoms with Crippen LogP contribution in [-0.2, 0) is 11.2 Å². The molecule has 8 nitrogen and oxygen atoms in total. The van der Waals surface area contributed by atoms with Gasteiger partial charge in [0.05, 0.1) is 29.6 Å². The maximum atomic E-state index is 16.2. The molecule has 1 aromatic heterocycles. The summed E-state index contributed by atoms with van der Waals surface area (Å²) in [5, 5.41) is 10.1. The lowest BCUT2D eigenvalue weighted by Crippen LogP contribution is -2.55. The molecule has 0 radical (unpaired) electrons. The summed E-state index contributed by atoms with van der Waals surface area (Å²) in [7, 11) is 0. The molecule has 8 rings (SSSR count). The summed E-state index contributed by atoms with van der Waals surface area (Å²) in [6.07, 6.45) is 5.04. The Morgan fingerprint density at radius 3 is 2.93 bits per heavy atom. The summed E-state index contributed by atoms with van der Waals surface area (Å²) in [6.45, 7) is 6.33. The highest BCUT2D eigenvalue weighted by molar-refractivity contribution is 5.94. The molecular weight excluding hydrogens is 574 g/mol. The molecule has 1 amide bonds. The predicted octanol–water partition coefficient (Wildman–Crippen LogP) is 5.17. The number of hydrogen-bond donors (Lipinski definition) is 0. The molecule has 4 fully saturated rings. The maximum absolute atomic E-state index is 16.2. The van der Waals surface area contributed by atoms with Crippen LogP contribution in [0, 0.1) is 23.1 Å². The maximum Gasteiger partial charge on any atom is 0.319 e. The molecule has 5 aliphatic rings. The largest absolute Gasteiger partial charge is 0.461 e. The molecule has 10 heteroatoms. The minimum absolute atomic E-state index is 0.144. The normalized spacial score (nSPS) is 28.5. The van der Waals surface area contributed by atoms with E-state index in [1.807, 2.05) is 23.1 Å². The van der Waals surface area contributed by atoms with Gasteiger partial charge in [0, 0.05) is 43.5 Å². The number of nitrogens with zero attached hydrogens (tertiary/aromatic N) is 6. The molecule has 3 aliphatic heterocycles.